The summed E-state index contributed by atoms with van der Waals surface area (Å²) >= 11 is 4.99. The van der Waals surface area contributed by atoms with Crippen LogP contribution in [-0.4, -0.2) is 11.9 Å². The Morgan fingerprint density at radius 1 is 1.62 bits per heavy atom. The molecule has 1 aromatic heterocycles. The lowest BCUT2D eigenvalue weighted by Gasteiger charge is -2.13. The summed E-state index contributed by atoms with van der Waals surface area (Å²) in [6.07, 6.45) is 0.722. The fraction of sp³-hybridized carbons (Fsp3) is 0.545. The van der Waals surface area contributed by atoms with Crippen molar-refractivity contribution in [2.45, 2.75) is 32.9 Å². The molecule has 3 nitrogen and oxygen atoms in total. The minimum atomic E-state index is -0.400. The average molecular weight is 305 g/mol. The summed E-state index contributed by atoms with van der Waals surface area (Å²) in [4.78, 5) is 12.7. The van der Waals surface area contributed by atoms with Gasteiger partial charge in [-0.3, -0.25) is 4.79 Å². The van der Waals surface area contributed by atoms with Crippen LogP contribution in [0.3, 0.4) is 0 Å². The number of halogens is 1. The molecule has 0 bridgehead atoms. The zero-order valence-electron chi connectivity index (χ0n) is 9.50. The van der Waals surface area contributed by atoms with Crippen LogP contribution in [0.2, 0.25) is 0 Å². The maximum atomic E-state index is 11.6. The molecule has 0 saturated carbocycles. The van der Waals surface area contributed by atoms with Crippen LogP contribution < -0.4 is 11.1 Å². The highest BCUT2D eigenvalue weighted by Gasteiger charge is 2.14. The average Bonchev–Trinajstić information content (AvgIpc) is 2.59. The van der Waals surface area contributed by atoms with E-state index in [2.05, 4.69) is 35.1 Å². The van der Waals surface area contributed by atoms with Crippen molar-refractivity contribution < 1.29 is 4.79 Å². The molecule has 0 aliphatic carbocycles. The molecule has 5 heteroatoms. The molecule has 0 aliphatic heterocycles. The first-order valence-electron chi connectivity index (χ1n) is 5.25. The number of amides is 1. The van der Waals surface area contributed by atoms with E-state index in [1.807, 2.05) is 11.4 Å². The fourth-order valence-corrected chi connectivity index (χ4v) is 2.76. The van der Waals surface area contributed by atoms with Gasteiger partial charge in [0.25, 0.3) is 0 Å². The molecule has 3 N–H and O–H groups in total. The molecule has 0 radical (unpaired) electrons. The van der Waals surface area contributed by atoms with Gasteiger partial charge in [0.2, 0.25) is 5.91 Å². The van der Waals surface area contributed by atoms with Gasteiger partial charge in [0, 0.05) is 14.7 Å². The second-order valence-electron chi connectivity index (χ2n) is 4.19. The number of hydrogen-bond acceptors (Lipinski definition) is 3. The largest absolute Gasteiger partial charge is 0.350 e. The number of nitrogens with two attached hydrogens (primary N) is 1. The van der Waals surface area contributed by atoms with Crippen LogP contribution in [0.1, 0.15) is 25.1 Å². The standard InChI is InChI=1S/C11H17BrN2OS/c1-7(2)3-10(13)11(15)14-5-9-4-8(12)6-16-9/h4,6-7,10H,3,5,13H2,1-2H3,(H,14,15)/t10-/m1/s1. The predicted molar refractivity (Wildman–Crippen MR) is 71.3 cm³/mol. The van der Waals surface area contributed by atoms with Crippen molar-refractivity contribution in [1.29, 1.82) is 0 Å². The lowest BCUT2D eigenvalue weighted by molar-refractivity contribution is -0.122. The molecule has 0 unspecified atom stereocenters. The second kappa shape index (κ2) is 6.37. The van der Waals surface area contributed by atoms with E-state index in [0.29, 0.717) is 12.5 Å². The quantitative estimate of drug-likeness (QED) is 0.878. The maximum absolute atomic E-state index is 11.6. The first kappa shape index (κ1) is 13.7. The van der Waals surface area contributed by atoms with E-state index >= 15 is 0 Å². The van der Waals surface area contributed by atoms with E-state index in [4.69, 9.17) is 5.73 Å². The minimum Gasteiger partial charge on any atom is -0.350 e. The van der Waals surface area contributed by atoms with Crippen molar-refractivity contribution in [3.63, 3.8) is 0 Å². The molecular formula is C11H17BrN2OS. The van der Waals surface area contributed by atoms with E-state index in [1.54, 1.807) is 11.3 Å². The summed E-state index contributed by atoms with van der Waals surface area (Å²) < 4.78 is 1.05. The minimum absolute atomic E-state index is 0.0711. The Kier molecular flexibility index (Phi) is 5.44. The van der Waals surface area contributed by atoms with Gasteiger partial charge in [-0.25, -0.2) is 0 Å². The van der Waals surface area contributed by atoms with Crippen LogP contribution in [0.25, 0.3) is 0 Å². The highest BCUT2D eigenvalue weighted by Crippen LogP contribution is 2.19. The molecule has 1 rings (SSSR count). The third kappa shape index (κ3) is 4.63. The summed E-state index contributed by atoms with van der Waals surface area (Å²) in [5.74, 6) is 0.370. The zero-order chi connectivity index (χ0) is 12.1. The molecule has 0 saturated heterocycles. The molecule has 1 heterocycles. The molecule has 0 aromatic carbocycles. The fourth-order valence-electron chi connectivity index (χ4n) is 1.37. The third-order valence-electron chi connectivity index (χ3n) is 2.12. The smallest absolute Gasteiger partial charge is 0.237 e. The van der Waals surface area contributed by atoms with Crippen molar-refractivity contribution in [1.82, 2.24) is 5.32 Å². The van der Waals surface area contributed by atoms with Crippen LogP contribution in [0.4, 0.5) is 0 Å². The van der Waals surface area contributed by atoms with Crippen LogP contribution in [0.5, 0.6) is 0 Å². The molecule has 16 heavy (non-hydrogen) atoms. The molecule has 0 spiro atoms. The van der Waals surface area contributed by atoms with E-state index in [9.17, 15) is 4.79 Å². The number of carbonyl (C=O) groups excluding carboxylic acids is 1. The topological polar surface area (TPSA) is 55.1 Å². The van der Waals surface area contributed by atoms with Crippen LogP contribution >= 0.6 is 27.3 Å². The molecule has 1 amide bonds. The van der Waals surface area contributed by atoms with Crippen molar-refractivity contribution >= 4 is 33.2 Å². The van der Waals surface area contributed by atoms with Gasteiger partial charge < -0.3 is 11.1 Å². The van der Waals surface area contributed by atoms with Crippen molar-refractivity contribution in [3.05, 3.63) is 20.8 Å². The zero-order valence-corrected chi connectivity index (χ0v) is 11.9. The monoisotopic (exact) mass is 304 g/mol. The van der Waals surface area contributed by atoms with Crippen molar-refractivity contribution in [2.24, 2.45) is 11.7 Å². The Labute approximate surface area is 109 Å². The van der Waals surface area contributed by atoms with Crippen molar-refractivity contribution in [2.75, 3.05) is 0 Å². The van der Waals surface area contributed by atoms with Gasteiger partial charge in [0.15, 0.2) is 0 Å². The Morgan fingerprint density at radius 3 is 2.81 bits per heavy atom. The summed E-state index contributed by atoms with van der Waals surface area (Å²) in [6.45, 7) is 4.67. The highest BCUT2D eigenvalue weighted by atomic mass is 79.9. The highest BCUT2D eigenvalue weighted by molar-refractivity contribution is 9.10. The number of carbonyl (C=O) groups is 1. The lowest BCUT2D eigenvalue weighted by atomic mass is 10.0. The summed E-state index contributed by atoms with van der Waals surface area (Å²) in [5.41, 5.74) is 5.77. The Balaban J connectivity index is 2.35. The number of hydrogen-bond donors (Lipinski definition) is 2. The first-order chi connectivity index (χ1) is 7.49. The molecule has 90 valence electrons. The maximum Gasteiger partial charge on any atom is 0.237 e. The second-order valence-corrected chi connectivity index (χ2v) is 6.10. The summed E-state index contributed by atoms with van der Waals surface area (Å²) in [6, 6.07) is 1.60. The predicted octanol–water partition coefficient (Wildman–Crippen LogP) is 2.50. The Hall–Kier alpha value is -0.390. The third-order valence-corrected chi connectivity index (χ3v) is 3.82. The van der Waals surface area contributed by atoms with Crippen LogP contribution in [0.15, 0.2) is 15.9 Å². The van der Waals surface area contributed by atoms with E-state index in [1.165, 1.54) is 0 Å². The number of rotatable bonds is 5. The van der Waals surface area contributed by atoms with Gasteiger partial charge in [-0.05, 0) is 34.3 Å². The molecule has 0 fully saturated rings. The van der Waals surface area contributed by atoms with Gasteiger partial charge in [0.1, 0.15) is 0 Å². The summed E-state index contributed by atoms with van der Waals surface area (Å²) in [5, 5.41) is 4.84. The van der Waals surface area contributed by atoms with Gasteiger partial charge in [-0.2, -0.15) is 0 Å². The lowest BCUT2D eigenvalue weighted by Crippen LogP contribution is -2.40. The van der Waals surface area contributed by atoms with E-state index < -0.39 is 6.04 Å². The first-order valence-corrected chi connectivity index (χ1v) is 6.92. The Morgan fingerprint density at radius 2 is 2.31 bits per heavy atom. The summed E-state index contributed by atoms with van der Waals surface area (Å²) in [7, 11) is 0. The normalized spacial score (nSPS) is 12.8. The number of nitrogens with one attached hydrogen (secondary N) is 1. The van der Waals surface area contributed by atoms with Gasteiger partial charge in [-0.15, -0.1) is 11.3 Å². The van der Waals surface area contributed by atoms with Gasteiger partial charge >= 0.3 is 0 Å². The Bertz CT molecular complexity index is 352. The molecular weight excluding hydrogens is 288 g/mol. The van der Waals surface area contributed by atoms with Gasteiger partial charge in [0.05, 0.1) is 12.6 Å². The number of thiophene rings is 1. The van der Waals surface area contributed by atoms with E-state index in [0.717, 1.165) is 15.8 Å². The van der Waals surface area contributed by atoms with Gasteiger partial charge in [-0.1, -0.05) is 13.8 Å². The van der Waals surface area contributed by atoms with E-state index in [-0.39, 0.29) is 5.91 Å². The van der Waals surface area contributed by atoms with Crippen molar-refractivity contribution in [3.8, 4) is 0 Å². The van der Waals surface area contributed by atoms with Crippen LogP contribution in [0, 0.1) is 5.92 Å². The molecule has 1 aromatic rings. The van der Waals surface area contributed by atoms with Crippen LogP contribution in [-0.2, 0) is 11.3 Å². The molecule has 1 atom stereocenters. The SMILES string of the molecule is CC(C)C[C@@H](N)C(=O)NCc1cc(Br)cs1. The molecule has 0 aliphatic rings.